The van der Waals surface area contributed by atoms with Crippen LogP contribution in [0.25, 0.3) is 11.8 Å². The fourth-order valence-corrected chi connectivity index (χ4v) is 6.86. The second kappa shape index (κ2) is 13.9. The first-order valence-corrected chi connectivity index (χ1v) is 16.2. The molecule has 47 heavy (non-hydrogen) atoms. The van der Waals surface area contributed by atoms with Crippen LogP contribution < -0.4 is 24.4 Å². The molecule has 1 atom stereocenters. The first-order valence-electron chi connectivity index (χ1n) is 14.6. The molecule has 6 rings (SSSR count). The van der Waals surface area contributed by atoms with Gasteiger partial charge in [-0.3, -0.25) is 9.36 Å². The first kappa shape index (κ1) is 32.1. The topological polar surface area (TPSA) is 79.1 Å². The number of methoxy groups -OCH3 is 1. The van der Waals surface area contributed by atoms with E-state index in [0.29, 0.717) is 53.3 Å². The molecule has 1 aliphatic rings. The van der Waals surface area contributed by atoms with E-state index < -0.39 is 23.4 Å². The van der Waals surface area contributed by atoms with Crippen LogP contribution in [0.1, 0.15) is 35.2 Å². The van der Waals surface area contributed by atoms with Crippen LogP contribution in [0.4, 0.5) is 8.78 Å². The summed E-state index contributed by atoms with van der Waals surface area (Å²) in [4.78, 5) is 32.9. The molecule has 5 aromatic rings. The summed E-state index contributed by atoms with van der Waals surface area (Å²) in [5.74, 6) is -0.715. The Labute approximate surface area is 280 Å². The Kier molecular flexibility index (Phi) is 9.46. The van der Waals surface area contributed by atoms with Crippen molar-refractivity contribution >= 4 is 45.0 Å². The van der Waals surface area contributed by atoms with Gasteiger partial charge in [0.2, 0.25) is 0 Å². The fraction of sp³-hybridized carbons (Fsp3) is 0.139. The van der Waals surface area contributed by atoms with E-state index >= 15 is 0 Å². The number of ether oxygens (including phenoxy) is 3. The summed E-state index contributed by atoms with van der Waals surface area (Å²) >= 11 is 4.69. The van der Waals surface area contributed by atoms with Crippen molar-refractivity contribution < 1.29 is 27.8 Å². The van der Waals surface area contributed by atoms with Gasteiger partial charge in [-0.15, -0.1) is 0 Å². The van der Waals surface area contributed by atoms with Crippen LogP contribution in [-0.4, -0.2) is 24.3 Å². The van der Waals surface area contributed by atoms with E-state index in [1.54, 1.807) is 55.5 Å². The largest absolute Gasteiger partial charge is 0.493 e. The van der Waals surface area contributed by atoms with E-state index in [4.69, 9.17) is 19.2 Å². The Hall–Kier alpha value is -4.87. The molecule has 0 saturated heterocycles. The van der Waals surface area contributed by atoms with Gasteiger partial charge >= 0.3 is 5.97 Å². The summed E-state index contributed by atoms with van der Waals surface area (Å²) in [7, 11) is 1.49. The third kappa shape index (κ3) is 6.54. The summed E-state index contributed by atoms with van der Waals surface area (Å²) in [6.45, 7) is 1.79. The van der Waals surface area contributed by atoms with Crippen molar-refractivity contribution in [1.29, 1.82) is 0 Å². The number of carbonyl (C=O) groups excluding carboxylic acids is 1. The number of hydrogen-bond donors (Lipinski definition) is 0. The van der Waals surface area contributed by atoms with Crippen molar-refractivity contribution in [3.63, 3.8) is 0 Å². The second-order valence-electron chi connectivity index (χ2n) is 10.4. The van der Waals surface area contributed by atoms with Crippen LogP contribution in [0, 0.1) is 11.6 Å². The Bertz CT molecular complexity index is 2180. The Morgan fingerprint density at radius 2 is 1.74 bits per heavy atom. The molecule has 2 heterocycles. The smallest absolute Gasteiger partial charge is 0.338 e. The number of esters is 1. The minimum absolute atomic E-state index is 0.0183. The van der Waals surface area contributed by atoms with E-state index in [1.807, 2.05) is 30.3 Å². The number of nitrogens with zero attached hydrogens (tertiary/aromatic N) is 2. The van der Waals surface area contributed by atoms with Gasteiger partial charge in [0, 0.05) is 11.1 Å². The van der Waals surface area contributed by atoms with Gasteiger partial charge < -0.3 is 14.2 Å². The van der Waals surface area contributed by atoms with Gasteiger partial charge in [-0.25, -0.2) is 18.6 Å². The number of rotatable bonds is 9. The number of halogens is 3. The van der Waals surface area contributed by atoms with Crippen molar-refractivity contribution in [3.8, 4) is 11.5 Å². The lowest BCUT2D eigenvalue weighted by Crippen LogP contribution is -2.40. The lowest BCUT2D eigenvalue weighted by molar-refractivity contribution is -0.138. The molecule has 0 bridgehead atoms. The summed E-state index contributed by atoms with van der Waals surface area (Å²) in [6.07, 6.45) is 1.69. The highest BCUT2D eigenvalue weighted by Crippen LogP contribution is 2.38. The fourth-order valence-electron chi connectivity index (χ4n) is 5.28. The number of carbonyl (C=O) groups is 1. The van der Waals surface area contributed by atoms with Crippen molar-refractivity contribution in [2.75, 3.05) is 13.7 Å². The highest BCUT2D eigenvalue weighted by molar-refractivity contribution is 9.10. The molecule has 238 valence electrons. The maximum atomic E-state index is 14.2. The molecule has 1 aliphatic heterocycles. The zero-order chi connectivity index (χ0) is 33.1. The van der Waals surface area contributed by atoms with E-state index in [0.717, 1.165) is 11.3 Å². The van der Waals surface area contributed by atoms with Crippen LogP contribution >= 0.6 is 27.3 Å². The minimum Gasteiger partial charge on any atom is -0.493 e. The van der Waals surface area contributed by atoms with E-state index in [1.165, 1.54) is 29.9 Å². The van der Waals surface area contributed by atoms with Crippen molar-refractivity contribution in [2.24, 2.45) is 4.99 Å². The van der Waals surface area contributed by atoms with E-state index in [2.05, 4.69) is 15.9 Å². The zero-order valence-corrected chi connectivity index (χ0v) is 27.6. The monoisotopic (exact) mass is 716 g/mol. The summed E-state index contributed by atoms with van der Waals surface area (Å²) in [5, 5.41) is 0. The average Bonchev–Trinajstić information content (AvgIpc) is 3.38. The standard InChI is InChI=1S/C36H27BrF2N2O5S/c1-3-45-35(43)30-31(22-9-5-4-6-10-22)40-36-41(32(30)23-13-15-25(38)16-14-23)34(42)29(47-36)19-21-17-26(37)33(28(18-21)44-2)46-20-24-11-7-8-12-27(24)39/h4-19,32H,3,20H2,1-2H3/b29-19-/t32-/m1/s1. The maximum Gasteiger partial charge on any atom is 0.338 e. The number of hydrogen-bond acceptors (Lipinski definition) is 7. The minimum atomic E-state index is -0.932. The highest BCUT2D eigenvalue weighted by atomic mass is 79.9. The van der Waals surface area contributed by atoms with Crippen LogP contribution in [-0.2, 0) is 16.1 Å². The van der Waals surface area contributed by atoms with Gasteiger partial charge in [-0.1, -0.05) is 72.0 Å². The molecule has 0 fully saturated rings. The molecular formula is C36H27BrF2N2O5S. The number of fused-ring (bicyclic) bond motifs is 1. The zero-order valence-electron chi connectivity index (χ0n) is 25.2. The summed E-state index contributed by atoms with van der Waals surface area (Å²) in [6, 6.07) is 23.7. The summed E-state index contributed by atoms with van der Waals surface area (Å²) in [5.41, 5.74) is 2.33. The van der Waals surface area contributed by atoms with Gasteiger partial charge in [-0.2, -0.15) is 0 Å². The number of benzene rings is 4. The van der Waals surface area contributed by atoms with Crippen LogP contribution in [0.5, 0.6) is 11.5 Å². The molecule has 0 amide bonds. The molecule has 0 unspecified atom stereocenters. The van der Waals surface area contributed by atoms with Gasteiger partial charge in [0.25, 0.3) is 5.56 Å². The highest BCUT2D eigenvalue weighted by Gasteiger charge is 2.35. The number of aromatic nitrogens is 1. The van der Waals surface area contributed by atoms with Gasteiger partial charge in [-0.05, 0) is 70.4 Å². The molecule has 0 saturated carbocycles. The second-order valence-corrected chi connectivity index (χ2v) is 12.3. The Balaban J connectivity index is 1.49. The molecule has 0 N–H and O–H groups in total. The van der Waals surface area contributed by atoms with Gasteiger partial charge in [0.15, 0.2) is 16.3 Å². The van der Waals surface area contributed by atoms with E-state index in [-0.39, 0.29) is 24.6 Å². The molecule has 4 aromatic carbocycles. The average molecular weight is 718 g/mol. The molecule has 0 aliphatic carbocycles. The van der Waals surface area contributed by atoms with Crippen LogP contribution in [0.3, 0.4) is 0 Å². The molecule has 7 nitrogen and oxygen atoms in total. The predicted molar refractivity (Wildman–Crippen MR) is 179 cm³/mol. The lowest BCUT2D eigenvalue weighted by Gasteiger charge is -2.25. The quantitative estimate of drug-likeness (QED) is 0.162. The third-order valence-corrected chi connectivity index (χ3v) is 9.01. The Morgan fingerprint density at radius 1 is 1.02 bits per heavy atom. The molecule has 0 radical (unpaired) electrons. The van der Waals surface area contributed by atoms with Crippen molar-refractivity contribution in [1.82, 2.24) is 4.57 Å². The third-order valence-electron chi connectivity index (χ3n) is 7.44. The van der Waals surface area contributed by atoms with Crippen molar-refractivity contribution in [2.45, 2.75) is 19.6 Å². The summed E-state index contributed by atoms with van der Waals surface area (Å²) < 4.78 is 47.5. The van der Waals surface area contributed by atoms with Crippen LogP contribution in [0.2, 0.25) is 0 Å². The van der Waals surface area contributed by atoms with Gasteiger partial charge in [0.1, 0.15) is 18.2 Å². The Morgan fingerprint density at radius 3 is 2.45 bits per heavy atom. The lowest BCUT2D eigenvalue weighted by atomic mass is 9.93. The number of thiazole rings is 1. The molecule has 0 spiro atoms. The molecule has 1 aromatic heterocycles. The molecular weight excluding hydrogens is 690 g/mol. The SMILES string of the molecule is CCOC(=O)C1=C(c2ccccc2)N=c2s/c(=C\c3cc(Br)c(OCc4ccccc4F)c(OC)c3)c(=O)n2[C@@H]1c1ccc(F)cc1. The van der Waals surface area contributed by atoms with Crippen LogP contribution in [0.15, 0.2) is 111 Å². The molecule has 11 heteroatoms. The van der Waals surface area contributed by atoms with E-state index in [9.17, 15) is 18.4 Å². The predicted octanol–water partition coefficient (Wildman–Crippen LogP) is 6.56. The maximum absolute atomic E-state index is 14.2. The first-order chi connectivity index (χ1) is 22.8. The normalized spacial score (nSPS) is 14.4. The van der Waals surface area contributed by atoms with Crippen molar-refractivity contribution in [3.05, 3.63) is 155 Å². The van der Waals surface area contributed by atoms with Gasteiger partial charge in [0.05, 0.1) is 40.0 Å².